The quantitative estimate of drug-likeness (QED) is 0.675. The van der Waals surface area contributed by atoms with Gasteiger partial charge in [0.2, 0.25) is 0 Å². The van der Waals surface area contributed by atoms with Crippen molar-refractivity contribution in [2.45, 2.75) is 33.3 Å². The lowest BCUT2D eigenvalue weighted by atomic mass is 9.92. The Kier molecular flexibility index (Phi) is 6.41. The fraction of sp³-hybridized carbons (Fsp3) is 1.00. The number of aliphatic hydroxyl groups excluding tert-OH is 1. The Morgan fingerprint density at radius 1 is 1.29 bits per heavy atom. The molecule has 17 heavy (non-hydrogen) atoms. The van der Waals surface area contributed by atoms with Crippen molar-refractivity contribution in [3.8, 4) is 0 Å². The van der Waals surface area contributed by atoms with Crippen LogP contribution < -0.4 is 5.32 Å². The molecule has 1 atom stereocenters. The molecule has 1 rings (SSSR count). The van der Waals surface area contributed by atoms with Gasteiger partial charge in [0.1, 0.15) is 0 Å². The summed E-state index contributed by atoms with van der Waals surface area (Å²) in [6, 6.07) is 0. The fourth-order valence-corrected chi connectivity index (χ4v) is 1.88. The zero-order chi connectivity index (χ0) is 12.7. The maximum absolute atomic E-state index is 9.89. The molecule has 0 aliphatic carbocycles. The van der Waals surface area contributed by atoms with Crippen LogP contribution in [0.15, 0.2) is 0 Å². The highest BCUT2D eigenvalue weighted by atomic mass is 16.5. The van der Waals surface area contributed by atoms with Gasteiger partial charge in [0.05, 0.1) is 19.3 Å². The number of nitrogens with zero attached hydrogens (tertiary/aromatic N) is 1. The molecule has 1 aliphatic heterocycles. The van der Waals surface area contributed by atoms with Gasteiger partial charge in [0.25, 0.3) is 0 Å². The topological polar surface area (TPSA) is 44.7 Å². The number of β-amino-alcohol motifs (C(OH)–C–C–N with tert-alkyl or cyclic N) is 1. The molecule has 0 amide bonds. The number of hydrogen-bond donors (Lipinski definition) is 2. The molecule has 1 fully saturated rings. The predicted octanol–water partition coefficient (Wildman–Crippen LogP) is 0.705. The first-order valence-electron chi connectivity index (χ1n) is 6.66. The maximum atomic E-state index is 9.89. The Morgan fingerprint density at radius 3 is 2.53 bits per heavy atom. The van der Waals surface area contributed by atoms with E-state index in [4.69, 9.17) is 4.74 Å². The van der Waals surface area contributed by atoms with E-state index < -0.39 is 0 Å². The van der Waals surface area contributed by atoms with Gasteiger partial charge >= 0.3 is 0 Å². The van der Waals surface area contributed by atoms with Crippen LogP contribution >= 0.6 is 0 Å². The van der Waals surface area contributed by atoms with E-state index in [1.165, 1.54) is 0 Å². The van der Waals surface area contributed by atoms with Gasteiger partial charge in [0, 0.05) is 26.2 Å². The number of aliphatic hydroxyl groups is 1. The van der Waals surface area contributed by atoms with E-state index in [2.05, 4.69) is 31.0 Å². The zero-order valence-electron chi connectivity index (χ0n) is 11.5. The summed E-state index contributed by atoms with van der Waals surface area (Å²) in [5.41, 5.74) is 0.363. The van der Waals surface area contributed by atoms with Gasteiger partial charge in [0.15, 0.2) is 0 Å². The third-order valence-electron chi connectivity index (χ3n) is 3.00. The molecule has 1 unspecified atom stereocenters. The van der Waals surface area contributed by atoms with E-state index in [0.717, 1.165) is 45.8 Å². The first kappa shape index (κ1) is 14.9. The van der Waals surface area contributed by atoms with Crippen molar-refractivity contribution in [3.05, 3.63) is 0 Å². The van der Waals surface area contributed by atoms with E-state index in [9.17, 15) is 5.11 Å². The van der Waals surface area contributed by atoms with Crippen LogP contribution in [-0.4, -0.2) is 62.0 Å². The summed E-state index contributed by atoms with van der Waals surface area (Å²) in [6.07, 6.45) is 0.866. The van der Waals surface area contributed by atoms with Crippen molar-refractivity contribution in [1.29, 1.82) is 0 Å². The summed E-state index contributed by atoms with van der Waals surface area (Å²) in [5.74, 6) is 0. The lowest BCUT2D eigenvalue weighted by Gasteiger charge is -2.28. The van der Waals surface area contributed by atoms with Crippen molar-refractivity contribution in [3.63, 3.8) is 0 Å². The number of hydrogen-bond acceptors (Lipinski definition) is 4. The molecule has 1 aliphatic rings. The second kappa shape index (κ2) is 7.31. The highest BCUT2D eigenvalue weighted by Crippen LogP contribution is 2.16. The fourth-order valence-electron chi connectivity index (χ4n) is 1.88. The molecule has 0 spiro atoms. The van der Waals surface area contributed by atoms with Gasteiger partial charge in [-0.3, -0.25) is 4.90 Å². The minimum absolute atomic E-state index is 0.270. The average molecular weight is 244 g/mol. The van der Waals surface area contributed by atoms with Crippen molar-refractivity contribution in [1.82, 2.24) is 10.2 Å². The lowest BCUT2D eigenvalue weighted by Crippen LogP contribution is -2.44. The molecule has 0 aromatic rings. The van der Waals surface area contributed by atoms with Crippen LogP contribution in [0.1, 0.15) is 27.2 Å². The SMILES string of the molecule is CC(C)(C)CCNCC(O)CN1CCOCC1. The van der Waals surface area contributed by atoms with E-state index in [-0.39, 0.29) is 6.10 Å². The maximum Gasteiger partial charge on any atom is 0.0791 e. The molecular weight excluding hydrogens is 216 g/mol. The molecule has 102 valence electrons. The van der Waals surface area contributed by atoms with Gasteiger partial charge in [-0.15, -0.1) is 0 Å². The number of ether oxygens (including phenoxy) is 1. The zero-order valence-corrected chi connectivity index (χ0v) is 11.5. The predicted molar refractivity (Wildman–Crippen MR) is 70.2 cm³/mol. The monoisotopic (exact) mass is 244 g/mol. The normalized spacial score (nSPS) is 20.5. The van der Waals surface area contributed by atoms with E-state index >= 15 is 0 Å². The highest BCUT2D eigenvalue weighted by molar-refractivity contribution is 4.70. The van der Waals surface area contributed by atoms with Crippen LogP contribution in [0.5, 0.6) is 0 Å². The van der Waals surface area contributed by atoms with Crippen LogP contribution in [0.3, 0.4) is 0 Å². The summed E-state index contributed by atoms with van der Waals surface area (Å²) in [5, 5.41) is 13.2. The van der Waals surface area contributed by atoms with Crippen molar-refractivity contribution in [2.75, 3.05) is 45.9 Å². The Morgan fingerprint density at radius 2 is 1.94 bits per heavy atom. The third kappa shape index (κ3) is 7.71. The average Bonchev–Trinajstić information content (AvgIpc) is 2.25. The van der Waals surface area contributed by atoms with Crippen LogP contribution in [-0.2, 0) is 4.74 Å². The lowest BCUT2D eigenvalue weighted by molar-refractivity contribution is 0.0149. The van der Waals surface area contributed by atoms with Crippen LogP contribution in [0.25, 0.3) is 0 Å². The number of rotatable bonds is 6. The molecule has 0 saturated carbocycles. The second-order valence-electron chi connectivity index (χ2n) is 6.08. The van der Waals surface area contributed by atoms with Crippen molar-refractivity contribution < 1.29 is 9.84 Å². The van der Waals surface area contributed by atoms with Crippen molar-refractivity contribution >= 4 is 0 Å². The smallest absolute Gasteiger partial charge is 0.0791 e. The molecular formula is C13H28N2O2. The molecule has 1 heterocycles. The Labute approximate surface area is 105 Å². The van der Waals surface area contributed by atoms with E-state index in [1.807, 2.05) is 0 Å². The van der Waals surface area contributed by atoms with Crippen molar-refractivity contribution in [2.24, 2.45) is 5.41 Å². The molecule has 1 saturated heterocycles. The number of nitrogens with one attached hydrogen (secondary N) is 1. The van der Waals surface area contributed by atoms with Gasteiger partial charge in [-0.2, -0.15) is 0 Å². The first-order valence-corrected chi connectivity index (χ1v) is 6.66. The first-order chi connectivity index (χ1) is 7.97. The Balaban J connectivity index is 2.02. The largest absolute Gasteiger partial charge is 0.390 e. The third-order valence-corrected chi connectivity index (χ3v) is 3.00. The van der Waals surface area contributed by atoms with Crippen LogP contribution in [0.4, 0.5) is 0 Å². The summed E-state index contributed by atoms with van der Waals surface area (Å²) in [4.78, 5) is 2.26. The molecule has 0 radical (unpaired) electrons. The molecule has 0 bridgehead atoms. The van der Waals surface area contributed by atoms with Gasteiger partial charge in [-0.05, 0) is 18.4 Å². The molecule has 4 heteroatoms. The van der Waals surface area contributed by atoms with Crippen LogP contribution in [0, 0.1) is 5.41 Å². The second-order valence-corrected chi connectivity index (χ2v) is 6.08. The number of morpholine rings is 1. The van der Waals surface area contributed by atoms with E-state index in [1.54, 1.807) is 0 Å². The highest BCUT2D eigenvalue weighted by Gasteiger charge is 2.15. The standard InChI is InChI=1S/C13H28N2O2/c1-13(2,3)4-5-14-10-12(16)11-15-6-8-17-9-7-15/h12,14,16H,4-11H2,1-3H3. The molecule has 2 N–H and O–H groups in total. The van der Waals surface area contributed by atoms with Crippen LogP contribution in [0.2, 0.25) is 0 Å². The van der Waals surface area contributed by atoms with Gasteiger partial charge < -0.3 is 15.2 Å². The molecule has 0 aromatic heterocycles. The minimum Gasteiger partial charge on any atom is -0.390 e. The Bertz CT molecular complexity index is 198. The summed E-state index contributed by atoms with van der Waals surface area (Å²) in [7, 11) is 0. The Hall–Kier alpha value is -0.160. The molecule has 0 aromatic carbocycles. The van der Waals surface area contributed by atoms with E-state index in [0.29, 0.717) is 12.0 Å². The molecule has 4 nitrogen and oxygen atoms in total. The summed E-state index contributed by atoms with van der Waals surface area (Å²) >= 11 is 0. The minimum atomic E-state index is -0.270. The summed E-state index contributed by atoms with van der Waals surface area (Å²) in [6.45, 7) is 12.6. The van der Waals surface area contributed by atoms with Gasteiger partial charge in [-0.1, -0.05) is 20.8 Å². The summed E-state index contributed by atoms with van der Waals surface area (Å²) < 4.78 is 5.28. The van der Waals surface area contributed by atoms with Gasteiger partial charge in [-0.25, -0.2) is 0 Å².